The molecule has 1 heterocycles. The molecule has 2 aromatic rings. The third-order valence-corrected chi connectivity index (χ3v) is 5.07. The van der Waals surface area contributed by atoms with E-state index in [0.29, 0.717) is 10.9 Å². The van der Waals surface area contributed by atoms with Gasteiger partial charge in [-0.05, 0) is 38.1 Å². The number of nitrogens with zero attached hydrogens (tertiary/aromatic N) is 3. The Hall–Kier alpha value is -1.97. The topological polar surface area (TPSA) is 74.1 Å². The molecular weight excluding hydrogens is 274 g/mol. The summed E-state index contributed by atoms with van der Waals surface area (Å²) in [5, 5.41) is 9.41. The van der Waals surface area contributed by atoms with Crippen molar-refractivity contribution in [3.63, 3.8) is 0 Å². The van der Waals surface area contributed by atoms with Crippen LogP contribution in [0.4, 0.5) is 0 Å². The summed E-state index contributed by atoms with van der Waals surface area (Å²) in [5.41, 5.74) is 0.620. The van der Waals surface area contributed by atoms with Crippen LogP contribution in [-0.4, -0.2) is 30.3 Å². The van der Waals surface area contributed by atoms with E-state index in [1.807, 2.05) is 6.07 Å². The predicted molar refractivity (Wildman–Crippen MR) is 76.4 cm³/mol. The summed E-state index contributed by atoms with van der Waals surface area (Å²) in [6.07, 6.45) is 1.62. The quantitative estimate of drug-likeness (QED) is 0.808. The Morgan fingerprint density at radius 1 is 1.30 bits per heavy atom. The van der Waals surface area contributed by atoms with Crippen LogP contribution in [0.15, 0.2) is 41.4 Å². The third kappa shape index (κ3) is 2.50. The van der Waals surface area contributed by atoms with Crippen LogP contribution in [0.2, 0.25) is 0 Å². The van der Waals surface area contributed by atoms with Gasteiger partial charge in [-0.3, -0.25) is 4.98 Å². The van der Waals surface area contributed by atoms with Crippen molar-refractivity contribution in [3.8, 4) is 6.07 Å². The number of sulfonamides is 1. The summed E-state index contributed by atoms with van der Waals surface area (Å²) in [5.74, 6) is 0. The van der Waals surface area contributed by atoms with Crippen LogP contribution in [0.3, 0.4) is 0 Å². The molecule has 0 amide bonds. The Morgan fingerprint density at radius 3 is 2.70 bits per heavy atom. The lowest BCUT2D eigenvalue weighted by molar-refractivity contribution is 0.386. The van der Waals surface area contributed by atoms with Crippen LogP contribution in [0, 0.1) is 11.3 Å². The molecule has 0 saturated heterocycles. The van der Waals surface area contributed by atoms with Gasteiger partial charge in [0, 0.05) is 17.6 Å². The van der Waals surface area contributed by atoms with Gasteiger partial charge >= 0.3 is 0 Å². The summed E-state index contributed by atoms with van der Waals surface area (Å²) in [6.45, 7) is 3.33. The first kappa shape index (κ1) is 14.4. The fraction of sp³-hybridized carbons (Fsp3) is 0.286. The fourth-order valence-electron chi connectivity index (χ4n) is 2.04. The van der Waals surface area contributed by atoms with Gasteiger partial charge in [0.25, 0.3) is 0 Å². The normalized spacial score (nSPS) is 11.9. The predicted octanol–water partition coefficient (Wildman–Crippen LogP) is 2.16. The molecule has 1 aromatic carbocycles. The molecule has 104 valence electrons. The molecule has 0 saturated carbocycles. The summed E-state index contributed by atoms with van der Waals surface area (Å²) in [7, 11) is -3.72. The number of hydrogen-bond acceptors (Lipinski definition) is 4. The molecule has 0 aliphatic carbocycles. The van der Waals surface area contributed by atoms with E-state index in [9.17, 15) is 8.42 Å². The highest BCUT2D eigenvalue weighted by atomic mass is 32.2. The van der Waals surface area contributed by atoms with Gasteiger partial charge in [-0.2, -0.15) is 9.57 Å². The second-order valence-electron chi connectivity index (χ2n) is 4.63. The first-order chi connectivity index (χ1) is 9.48. The number of nitriles is 1. The number of benzene rings is 1. The maximum atomic E-state index is 12.7. The maximum absolute atomic E-state index is 12.7. The molecular formula is C14H15N3O2S. The SMILES string of the molecule is CC(C)N(CC#N)S(=O)(=O)c1cccc2ncccc12. The van der Waals surface area contributed by atoms with Crippen LogP contribution in [-0.2, 0) is 10.0 Å². The number of pyridine rings is 1. The van der Waals surface area contributed by atoms with E-state index in [2.05, 4.69) is 4.98 Å². The number of fused-ring (bicyclic) bond motifs is 1. The summed E-state index contributed by atoms with van der Waals surface area (Å²) in [6, 6.07) is 10.0. The van der Waals surface area contributed by atoms with Crippen molar-refractivity contribution < 1.29 is 8.42 Å². The molecule has 1 aromatic heterocycles. The van der Waals surface area contributed by atoms with Crippen LogP contribution >= 0.6 is 0 Å². The first-order valence-electron chi connectivity index (χ1n) is 6.21. The lowest BCUT2D eigenvalue weighted by Crippen LogP contribution is -2.37. The molecule has 0 aliphatic heterocycles. The Labute approximate surface area is 118 Å². The highest BCUT2D eigenvalue weighted by Gasteiger charge is 2.28. The van der Waals surface area contributed by atoms with Gasteiger partial charge in [0.2, 0.25) is 10.0 Å². The molecule has 6 heteroatoms. The lowest BCUT2D eigenvalue weighted by Gasteiger charge is -2.23. The van der Waals surface area contributed by atoms with Crippen LogP contribution in [0.5, 0.6) is 0 Å². The van der Waals surface area contributed by atoms with Gasteiger partial charge in [0.05, 0.1) is 16.5 Å². The minimum Gasteiger partial charge on any atom is -0.256 e. The van der Waals surface area contributed by atoms with Gasteiger partial charge in [0.15, 0.2) is 0 Å². The van der Waals surface area contributed by atoms with Gasteiger partial charge in [-0.15, -0.1) is 0 Å². The van der Waals surface area contributed by atoms with Crippen LogP contribution < -0.4 is 0 Å². The standard InChI is InChI=1S/C14H15N3O2S/c1-11(2)17(10-8-15)20(18,19)14-7-3-6-13-12(14)5-4-9-16-13/h3-7,9,11H,10H2,1-2H3. The van der Waals surface area contributed by atoms with Crippen molar-refractivity contribution in [3.05, 3.63) is 36.5 Å². The van der Waals surface area contributed by atoms with E-state index in [-0.39, 0.29) is 17.5 Å². The zero-order valence-corrected chi connectivity index (χ0v) is 12.1. The van der Waals surface area contributed by atoms with E-state index in [0.717, 1.165) is 0 Å². The maximum Gasteiger partial charge on any atom is 0.244 e. The molecule has 0 N–H and O–H groups in total. The third-order valence-electron chi connectivity index (χ3n) is 2.99. The smallest absolute Gasteiger partial charge is 0.244 e. The van der Waals surface area contributed by atoms with Gasteiger partial charge in [-0.25, -0.2) is 8.42 Å². The average Bonchev–Trinajstić information content (AvgIpc) is 2.43. The minimum atomic E-state index is -3.72. The molecule has 5 nitrogen and oxygen atoms in total. The fourth-order valence-corrected chi connectivity index (χ4v) is 3.78. The van der Waals surface area contributed by atoms with E-state index >= 15 is 0 Å². The van der Waals surface area contributed by atoms with Crippen molar-refractivity contribution in [2.24, 2.45) is 0 Å². The van der Waals surface area contributed by atoms with Crippen molar-refractivity contribution in [2.75, 3.05) is 6.54 Å². The Kier molecular flexibility index (Phi) is 4.02. The highest BCUT2D eigenvalue weighted by Crippen LogP contribution is 2.25. The summed E-state index contributed by atoms with van der Waals surface area (Å²) in [4.78, 5) is 4.34. The van der Waals surface area contributed by atoms with E-state index in [1.54, 1.807) is 50.4 Å². The number of rotatable bonds is 4. The molecule has 0 aliphatic rings. The van der Waals surface area contributed by atoms with Gasteiger partial charge in [0.1, 0.15) is 6.54 Å². The van der Waals surface area contributed by atoms with E-state index in [4.69, 9.17) is 5.26 Å². The van der Waals surface area contributed by atoms with E-state index in [1.165, 1.54) is 4.31 Å². The monoisotopic (exact) mass is 289 g/mol. The molecule has 0 spiro atoms. The van der Waals surface area contributed by atoms with E-state index < -0.39 is 10.0 Å². The van der Waals surface area contributed by atoms with Crippen LogP contribution in [0.1, 0.15) is 13.8 Å². The minimum absolute atomic E-state index is 0.170. The second-order valence-corrected chi connectivity index (χ2v) is 6.49. The second kappa shape index (κ2) is 5.57. The molecule has 0 bridgehead atoms. The van der Waals surface area contributed by atoms with Crippen molar-refractivity contribution in [1.82, 2.24) is 9.29 Å². The van der Waals surface area contributed by atoms with Gasteiger partial charge < -0.3 is 0 Å². The number of hydrogen-bond donors (Lipinski definition) is 0. The Morgan fingerprint density at radius 2 is 2.05 bits per heavy atom. The van der Waals surface area contributed by atoms with Crippen LogP contribution in [0.25, 0.3) is 10.9 Å². The Bertz CT molecular complexity index is 758. The number of aromatic nitrogens is 1. The summed E-state index contributed by atoms with van der Waals surface area (Å²) >= 11 is 0. The van der Waals surface area contributed by atoms with Crippen molar-refractivity contribution in [1.29, 1.82) is 5.26 Å². The molecule has 20 heavy (non-hydrogen) atoms. The molecule has 2 rings (SSSR count). The Balaban J connectivity index is 2.66. The lowest BCUT2D eigenvalue weighted by atomic mass is 10.2. The van der Waals surface area contributed by atoms with Gasteiger partial charge in [-0.1, -0.05) is 6.07 Å². The highest BCUT2D eigenvalue weighted by molar-refractivity contribution is 7.89. The summed E-state index contributed by atoms with van der Waals surface area (Å²) < 4.78 is 26.6. The first-order valence-corrected chi connectivity index (χ1v) is 7.65. The molecule has 0 unspecified atom stereocenters. The van der Waals surface area contributed by atoms with Crippen molar-refractivity contribution >= 4 is 20.9 Å². The molecule has 0 atom stereocenters. The zero-order valence-electron chi connectivity index (χ0n) is 11.3. The molecule has 0 fully saturated rings. The largest absolute Gasteiger partial charge is 0.256 e. The van der Waals surface area contributed by atoms with Crippen molar-refractivity contribution in [2.45, 2.75) is 24.8 Å². The zero-order chi connectivity index (χ0) is 14.8. The average molecular weight is 289 g/mol. The molecule has 0 radical (unpaired) electrons.